The number of hydrogen-bond acceptors (Lipinski definition) is 12. The van der Waals surface area contributed by atoms with Gasteiger partial charge in [0.05, 0.1) is 51.1 Å². The Morgan fingerprint density at radius 1 is 0.889 bits per heavy atom. The largest absolute Gasteiger partial charge is 0.493 e. The van der Waals surface area contributed by atoms with Crippen LogP contribution in [0.4, 0.5) is 11.6 Å². The Balaban J connectivity index is 1.58. The number of nitrogens with two attached hydrogens (primary N) is 2. The van der Waals surface area contributed by atoms with Crippen LogP contribution in [0.5, 0.6) is 11.5 Å². The number of aryl methyl sites for hydroxylation is 1. The second-order valence-corrected chi connectivity index (χ2v) is 10.2. The Morgan fingerprint density at radius 3 is 2.22 bits per heavy atom. The van der Waals surface area contributed by atoms with E-state index in [-0.39, 0.29) is 5.25 Å². The van der Waals surface area contributed by atoms with Crippen molar-refractivity contribution in [3.63, 3.8) is 0 Å². The van der Waals surface area contributed by atoms with Crippen molar-refractivity contribution in [2.75, 3.05) is 65.3 Å². The van der Waals surface area contributed by atoms with Gasteiger partial charge in [-0.05, 0) is 32.0 Å². The summed E-state index contributed by atoms with van der Waals surface area (Å²) in [6.07, 6.45) is 0. The first-order valence-electron chi connectivity index (χ1n) is 11.4. The Bertz CT molecular complexity index is 1090. The molecular formula is C24H33N5O5S2. The molecule has 0 aliphatic rings. The summed E-state index contributed by atoms with van der Waals surface area (Å²) in [6.45, 7) is 7.13. The van der Waals surface area contributed by atoms with Gasteiger partial charge in [0.2, 0.25) is 0 Å². The van der Waals surface area contributed by atoms with E-state index in [0.717, 1.165) is 21.1 Å². The Morgan fingerprint density at radius 2 is 1.56 bits per heavy atom. The van der Waals surface area contributed by atoms with Crippen molar-refractivity contribution in [1.82, 2.24) is 15.0 Å². The molecule has 3 rings (SSSR count). The number of nitrogen functional groups attached to an aromatic ring is 2. The van der Waals surface area contributed by atoms with E-state index < -0.39 is 0 Å². The monoisotopic (exact) mass is 535 g/mol. The van der Waals surface area contributed by atoms with Gasteiger partial charge < -0.3 is 35.2 Å². The van der Waals surface area contributed by atoms with Crippen molar-refractivity contribution >= 4 is 34.7 Å². The molecule has 196 valence electrons. The molecule has 0 saturated carbocycles. The minimum Gasteiger partial charge on any atom is -0.493 e. The molecule has 1 unspecified atom stereocenters. The normalized spacial score (nSPS) is 12.0. The summed E-state index contributed by atoms with van der Waals surface area (Å²) in [6, 6.07) is 7.33. The van der Waals surface area contributed by atoms with Crippen LogP contribution in [-0.4, -0.2) is 68.8 Å². The molecule has 0 aliphatic carbocycles. The van der Waals surface area contributed by atoms with Gasteiger partial charge in [0.15, 0.2) is 16.7 Å². The Labute approximate surface area is 219 Å². The standard InChI is InChI=1S/C24H33N5O5S2/c1-15-22(16(2)36-24-27-20(25)14-21(26)28-24)29-23(35-15)17-5-6-18(19(13-17)31-4)34-12-11-33-10-9-32-8-7-30-3/h5-6,13-14,16H,7-12H2,1-4H3,(H4,25,26,27,28). The van der Waals surface area contributed by atoms with Crippen LogP contribution < -0.4 is 20.9 Å². The number of rotatable bonds is 15. The lowest BCUT2D eigenvalue weighted by molar-refractivity contribution is 0.0178. The van der Waals surface area contributed by atoms with Crippen LogP contribution in [-0.2, 0) is 14.2 Å². The Hall–Kier alpha value is -2.64. The molecule has 0 bridgehead atoms. The van der Waals surface area contributed by atoms with E-state index in [1.807, 2.05) is 18.2 Å². The molecule has 0 saturated heterocycles. The number of methoxy groups -OCH3 is 2. The maximum Gasteiger partial charge on any atom is 0.192 e. The zero-order valence-electron chi connectivity index (χ0n) is 21.0. The van der Waals surface area contributed by atoms with Gasteiger partial charge in [0, 0.05) is 23.6 Å². The number of hydrogen-bond donors (Lipinski definition) is 2. The van der Waals surface area contributed by atoms with Crippen LogP contribution >= 0.6 is 23.1 Å². The molecule has 1 atom stereocenters. The van der Waals surface area contributed by atoms with Crippen LogP contribution in [0.15, 0.2) is 29.4 Å². The van der Waals surface area contributed by atoms with Crippen LogP contribution in [0.1, 0.15) is 22.7 Å². The molecular weight excluding hydrogens is 502 g/mol. The fourth-order valence-electron chi connectivity index (χ4n) is 3.23. The second kappa shape index (κ2) is 14.2. The summed E-state index contributed by atoms with van der Waals surface area (Å²) in [4.78, 5) is 14.5. The average Bonchev–Trinajstić information content (AvgIpc) is 3.24. The second-order valence-electron chi connectivity index (χ2n) is 7.65. The van der Waals surface area contributed by atoms with Crippen LogP contribution in [0, 0.1) is 6.92 Å². The van der Waals surface area contributed by atoms with Crippen molar-refractivity contribution in [2.45, 2.75) is 24.3 Å². The van der Waals surface area contributed by atoms with E-state index in [0.29, 0.717) is 67.9 Å². The van der Waals surface area contributed by atoms with E-state index in [1.165, 1.54) is 17.8 Å². The highest BCUT2D eigenvalue weighted by atomic mass is 32.2. The molecule has 0 spiro atoms. The number of anilines is 2. The molecule has 10 nitrogen and oxygen atoms in total. The zero-order valence-corrected chi connectivity index (χ0v) is 22.6. The van der Waals surface area contributed by atoms with Gasteiger partial charge in [-0.3, -0.25) is 0 Å². The third-order valence-electron chi connectivity index (χ3n) is 4.94. The number of aromatic nitrogens is 3. The molecule has 2 heterocycles. The number of ether oxygens (including phenoxy) is 5. The number of nitrogens with zero attached hydrogens (tertiary/aromatic N) is 3. The molecule has 12 heteroatoms. The summed E-state index contributed by atoms with van der Waals surface area (Å²) in [5.41, 5.74) is 13.5. The van der Waals surface area contributed by atoms with Crippen LogP contribution in [0.2, 0.25) is 0 Å². The topological polar surface area (TPSA) is 137 Å². The van der Waals surface area contributed by atoms with E-state index in [4.69, 9.17) is 40.1 Å². The minimum absolute atomic E-state index is 0.0195. The number of benzene rings is 1. The fourth-order valence-corrected chi connectivity index (χ4v) is 5.29. The lowest BCUT2D eigenvalue weighted by atomic mass is 10.2. The lowest BCUT2D eigenvalue weighted by Crippen LogP contribution is -2.12. The maximum absolute atomic E-state index is 5.85. The van der Waals surface area contributed by atoms with Gasteiger partial charge in [-0.25, -0.2) is 15.0 Å². The molecule has 2 aromatic heterocycles. The van der Waals surface area contributed by atoms with Crippen molar-refractivity contribution < 1.29 is 23.7 Å². The molecule has 4 N–H and O–H groups in total. The first kappa shape index (κ1) is 27.9. The molecule has 0 fully saturated rings. The Kier molecular flexibility index (Phi) is 11.0. The van der Waals surface area contributed by atoms with Gasteiger partial charge in [0.1, 0.15) is 23.3 Å². The van der Waals surface area contributed by atoms with E-state index in [9.17, 15) is 0 Å². The van der Waals surface area contributed by atoms with Gasteiger partial charge >= 0.3 is 0 Å². The summed E-state index contributed by atoms with van der Waals surface area (Å²) >= 11 is 3.09. The summed E-state index contributed by atoms with van der Waals surface area (Å²) < 4.78 is 27.2. The lowest BCUT2D eigenvalue weighted by Gasteiger charge is -2.12. The van der Waals surface area contributed by atoms with E-state index in [2.05, 4.69) is 23.8 Å². The number of thiazole rings is 1. The summed E-state index contributed by atoms with van der Waals surface area (Å²) in [5.74, 6) is 1.98. The van der Waals surface area contributed by atoms with Gasteiger partial charge in [-0.1, -0.05) is 11.8 Å². The third-order valence-corrected chi connectivity index (χ3v) is 6.95. The average molecular weight is 536 g/mol. The first-order chi connectivity index (χ1) is 17.4. The molecule has 1 aromatic carbocycles. The highest BCUT2D eigenvalue weighted by molar-refractivity contribution is 7.99. The molecule has 36 heavy (non-hydrogen) atoms. The van der Waals surface area contributed by atoms with Gasteiger partial charge in [-0.15, -0.1) is 11.3 Å². The van der Waals surface area contributed by atoms with Gasteiger partial charge in [0.25, 0.3) is 0 Å². The zero-order chi connectivity index (χ0) is 25.9. The molecule has 0 radical (unpaired) electrons. The fraction of sp³-hybridized carbons (Fsp3) is 0.458. The smallest absolute Gasteiger partial charge is 0.192 e. The van der Waals surface area contributed by atoms with Crippen LogP contribution in [0.3, 0.4) is 0 Å². The number of thioether (sulfide) groups is 1. The predicted octanol–water partition coefficient (Wildman–Crippen LogP) is 3.99. The summed E-state index contributed by atoms with van der Waals surface area (Å²) in [7, 11) is 3.26. The highest BCUT2D eigenvalue weighted by Crippen LogP contribution is 2.40. The molecule has 0 amide bonds. The highest BCUT2D eigenvalue weighted by Gasteiger charge is 2.19. The quantitative estimate of drug-likeness (QED) is 0.166. The van der Waals surface area contributed by atoms with Crippen molar-refractivity contribution in [3.8, 4) is 22.1 Å². The SMILES string of the molecule is COCCOCCOCCOc1ccc(-c2nc(C(C)Sc3nc(N)cc(N)n3)c(C)s2)cc1OC. The first-order valence-corrected chi connectivity index (χ1v) is 13.1. The third kappa shape index (κ3) is 8.20. The van der Waals surface area contributed by atoms with Crippen molar-refractivity contribution in [3.05, 3.63) is 34.8 Å². The molecule has 3 aromatic rings. The van der Waals surface area contributed by atoms with E-state index in [1.54, 1.807) is 25.6 Å². The minimum atomic E-state index is 0.0195. The molecule has 0 aliphatic heterocycles. The summed E-state index contributed by atoms with van der Waals surface area (Å²) in [5, 5.41) is 1.44. The maximum atomic E-state index is 5.85. The van der Waals surface area contributed by atoms with E-state index >= 15 is 0 Å². The van der Waals surface area contributed by atoms with Crippen molar-refractivity contribution in [1.29, 1.82) is 0 Å². The predicted molar refractivity (Wildman–Crippen MR) is 143 cm³/mol. The van der Waals surface area contributed by atoms with Gasteiger partial charge in [-0.2, -0.15) is 0 Å². The van der Waals surface area contributed by atoms with Crippen LogP contribution in [0.25, 0.3) is 10.6 Å². The van der Waals surface area contributed by atoms with Crippen molar-refractivity contribution in [2.24, 2.45) is 0 Å².